The number of pyridine rings is 1. The molecular weight excluding hydrogens is 216 g/mol. The molecule has 2 aromatic rings. The van der Waals surface area contributed by atoms with E-state index in [0.29, 0.717) is 18.8 Å². The summed E-state index contributed by atoms with van der Waals surface area (Å²) in [5, 5.41) is 15.9. The van der Waals surface area contributed by atoms with Gasteiger partial charge in [0.25, 0.3) is 0 Å². The van der Waals surface area contributed by atoms with Crippen molar-refractivity contribution in [1.82, 2.24) is 15.5 Å². The molecule has 0 aliphatic heterocycles. The quantitative estimate of drug-likeness (QED) is 0.859. The maximum absolute atomic E-state index is 8.87. The summed E-state index contributed by atoms with van der Waals surface area (Å²) in [5.74, 6) is 0.792. The highest BCUT2D eigenvalue weighted by molar-refractivity contribution is 5.30. The molecule has 0 saturated heterocycles. The Morgan fingerprint density at radius 1 is 1.47 bits per heavy atom. The number of hydrogen-bond donors (Lipinski definition) is 1. The second-order valence-corrected chi connectivity index (χ2v) is 3.66. The second-order valence-electron chi connectivity index (χ2n) is 3.66. The molecule has 2 heterocycles. The fourth-order valence-corrected chi connectivity index (χ4v) is 1.51. The highest BCUT2D eigenvalue weighted by Gasteiger charge is 2.03. The molecule has 0 spiro atoms. The van der Waals surface area contributed by atoms with Gasteiger partial charge < -0.3 is 9.84 Å². The summed E-state index contributed by atoms with van der Waals surface area (Å²) in [4.78, 5) is 3.99. The third kappa shape index (κ3) is 2.89. The number of nitriles is 1. The monoisotopic (exact) mass is 228 g/mol. The summed E-state index contributed by atoms with van der Waals surface area (Å²) >= 11 is 0. The standard InChI is InChI=1S/C12H12N4O/c1-9-5-11(16-17-9)8-14-7-10-3-2-4-15-12(10)6-13/h2-5,14H,7-8H2,1H3. The van der Waals surface area contributed by atoms with Gasteiger partial charge in [-0.25, -0.2) is 4.98 Å². The van der Waals surface area contributed by atoms with Gasteiger partial charge in [0.15, 0.2) is 0 Å². The van der Waals surface area contributed by atoms with E-state index < -0.39 is 0 Å². The highest BCUT2D eigenvalue weighted by Crippen LogP contribution is 2.05. The number of hydrogen-bond acceptors (Lipinski definition) is 5. The van der Waals surface area contributed by atoms with E-state index in [9.17, 15) is 0 Å². The Morgan fingerprint density at radius 3 is 3.06 bits per heavy atom. The second kappa shape index (κ2) is 5.23. The molecule has 0 saturated carbocycles. The van der Waals surface area contributed by atoms with Gasteiger partial charge in [0, 0.05) is 30.9 Å². The third-order valence-corrected chi connectivity index (χ3v) is 2.30. The van der Waals surface area contributed by atoms with Gasteiger partial charge in [-0.1, -0.05) is 11.2 Å². The first-order valence-corrected chi connectivity index (χ1v) is 5.26. The van der Waals surface area contributed by atoms with Crippen LogP contribution >= 0.6 is 0 Å². The number of rotatable bonds is 4. The first kappa shape index (κ1) is 11.3. The van der Waals surface area contributed by atoms with E-state index in [0.717, 1.165) is 17.0 Å². The van der Waals surface area contributed by atoms with Gasteiger partial charge in [0.1, 0.15) is 17.5 Å². The number of nitrogens with zero attached hydrogens (tertiary/aromatic N) is 3. The van der Waals surface area contributed by atoms with Crippen LogP contribution in [0.4, 0.5) is 0 Å². The number of nitrogens with one attached hydrogen (secondary N) is 1. The molecule has 5 nitrogen and oxygen atoms in total. The minimum atomic E-state index is 0.455. The number of aryl methyl sites for hydroxylation is 1. The van der Waals surface area contributed by atoms with E-state index in [1.807, 2.05) is 25.1 Å². The zero-order valence-electron chi connectivity index (χ0n) is 9.47. The van der Waals surface area contributed by atoms with Crippen LogP contribution in [0, 0.1) is 18.3 Å². The molecule has 2 aromatic heterocycles. The first-order valence-electron chi connectivity index (χ1n) is 5.26. The molecule has 0 aromatic carbocycles. The zero-order chi connectivity index (χ0) is 12.1. The van der Waals surface area contributed by atoms with Gasteiger partial charge in [-0.05, 0) is 13.0 Å². The van der Waals surface area contributed by atoms with Crippen molar-refractivity contribution in [2.45, 2.75) is 20.0 Å². The SMILES string of the molecule is Cc1cc(CNCc2cccnc2C#N)no1. The Morgan fingerprint density at radius 2 is 2.35 bits per heavy atom. The van der Waals surface area contributed by atoms with Crippen LogP contribution in [0.2, 0.25) is 0 Å². The lowest BCUT2D eigenvalue weighted by atomic mass is 10.2. The molecule has 1 N–H and O–H groups in total. The molecule has 0 aliphatic rings. The molecule has 0 aliphatic carbocycles. The molecule has 86 valence electrons. The van der Waals surface area contributed by atoms with Crippen molar-refractivity contribution in [3.63, 3.8) is 0 Å². The summed E-state index contributed by atoms with van der Waals surface area (Å²) in [6.07, 6.45) is 1.61. The maximum Gasteiger partial charge on any atom is 0.144 e. The Hall–Kier alpha value is -2.19. The lowest BCUT2D eigenvalue weighted by molar-refractivity contribution is 0.388. The minimum absolute atomic E-state index is 0.455. The van der Waals surface area contributed by atoms with Crippen molar-refractivity contribution in [2.75, 3.05) is 0 Å². The van der Waals surface area contributed by atoms with Crippen molar-refractivity contribution in [2.24, 2.45) is 0 Å². The molecular formula is C12H12N4O. The van der Waals surface area contributed by atoms with Gasteiger partial charge in [-0.3, -0.25) is 0 Å². The van der Waals surface area contributed by atoms with E-state index in [1.54, 1.807) is 6.20 Å². The van der Waals surface area contributed by atoms with Gasteiger partial charge in [-0.15, -0.1) is 0 Å². The number of aromatic nitrogens is 2. The summed E-state index contributed by atoms with van der Waals surface area (Å²) < 4.78 is 4.96. The lowest BCUT2D eigenvalue weighted by Gasteiger charge is -2.03. The predicted molar refractivity (Wildman–Crippen MR) is 60.7 cm³/mol. The van der Waals surface area contributed by atoms with Crippen LogP contribution in [0.5, 0.6) is 0 Å². The summed E-state index contributed by atoms with van der Waals surface area (Å²) in [7, 11) is 0. The van der Waals surface area contributed by atoms with Gasteiger partial charge in [-0.2, -0.15) is 5.26 Å². The predicted octanol–water partition coefficient (Wildman–Crippen LogP) is 1.54. The van der Waals surface area contributed by atoms with Crippen LogP contribution in [0.15, 0.2) is 28.9 Å². The van der Waals surface area contributed by atoms with Crippen molar-refractivity contribution in [3.05, 3.63) is 47.1 Å². The van der Waals surface area contributed by atoms with Crippen LogP contribution < -0.4 is 5.32 Å². The van der Waals surface area contributed by atoms with E-state index in [1.165, 1.54) is 0 Å². The summed E-state index contributed by atoms with van der Waals surface area (Å²) in [6.45, 7) is 3.05. The fraction of sp³-hybridized carbons (Fsp3) is 0.250. The lowest BCUT2D eigenvalue weighted by Crippen LogP contribution is -2.14. The molecule has 0 amide bonds. The van der Waals surface area contributed by atoms with Gasteiger partial charge >= 0.3 is 0 Å². The van der Waals surface area contributed by atoms with Gasteiger partial charge in [0.2, 0.25) is 0 Å². The average molecular weight is 228 g/mol. The van der Waals surface area contributed by atoms with Crippen molar-refractivity contribution < 1.29 is 4.52 Å². The zero-order valence-corrected chi connectivity index (χ0v) is 9.47. The molecule has 5 heteroatoms. The van der Waals surface area contributed by atoms with E-state index in [2.05, 4.69) is 21.5 Å². The smallest absolute Gasteiger partial charge is 0.144 e. The van der Waals surface area contributed by atoms with Crippen LogP contribution in [-0.2, 0) is 13.1 Å². The minimum Gasteiger partial charge on any atom is -0.361 e. The maximum atomic E-state index is 8.87. The molecule has 0 atom stereocenters. The van der Waals surface area contributed by atoms with E-state index in [-0.39, 0.29) is 0 Å². The Bertz CT molecular complexity index is 541. The van der Waals surface area contributed by atoms with E-state index >= 15 is 0 Å². The van der Waals surface area contributed by atoms with Crippen molar-refractivity contribution in [3.8, 4) is 6.07 Å². The summed E-state index contributed by atoms with van der Waals surface area (Å²) in [6, 6.07) is 7.64. The van der Waals surface area contributed by atoms with Crippen LogP contribution in [0.3, 0.4) is 0 Å². The third-order valence-electron chi connectivity index (χ3n) is 2.30. The molecule has 0 fully saturated rings. The van der Waals surface area contributed by atoms with Crippen LogP contribution in [-0.4, -0.2) is 10.1 Å². The van der Waals surface area contributed by atoms with Crippen LogP contribution in [0.25, 0.3) is 0 Å². The molecule has 0 radical (unpaired) electrons. The average Bonchev–Trinajstić information content (AvgIpc) is 2.76. The van der Waals surface area contributed by atoms with Crippen molar-refractivity contribution >= 4 is 0 Å². The van der Waals surface area contributed by atoms with Crippen LogP contribution in [0.1, 0.15) is 22.7 Å². The molecule has 17 heavy (non-hydrogen) atoms. The largest absolute Gasteiger partial charge is 0.361 e. The van der Waals surface area contributed by atoms with Crippen molar-refractivity contribution in [1.29, 1.82) is 5.26 Å². The Kier molecular flexibility index (Phi) is 3.48. The Balaban J connectivity index is 1.92. The Labute approximate surface area is 99.1 Å². The fourth-order valence-electron chi connectivity index (χ4n) is 1.51. The van der Waals surface area contributed by atoms with Gasteiger partial charge in [0.05, 0.1) is 5.69 Å². The molecule has 0 bridgehead atoms. The summed E-state index contributed by atoms with van der Waals surface area (Å²) in [5.41, 5.74) is 2.19. The molecule has 2 rings (SSSR count). The highest BCUT2D eigenvalue weighted by atomic mass is 16.5. The topological polar surface area (TPSA) is 74.7 Å². The first-order chi connectivity index (χ1) is 8.29. The van der Waals surface area contributed by atoms with E-state index in [4.69, 9.17) is 9.78 Å². The normalized spacial score (nSPS) is 10.1. The molecule has 0 unspecified atom stereocenters.